The fraction of sp³-hybridized carbons (Fsp3) is 0.333. The van der Waals surface area contributed by atoms with Crippen LogP contribution in [0.3, 0.4) is 0 Å². The Balaban J connectivity index is 1.37. The SMILES string of the molecule is COc1ccccc1N1CCN(c2ccc(NC(=O)c3cccs3)cc2C(=O)N2CCCC2)CC1. The molecule has 2 aliphatic heterocycles. The van der Waals surface area contributed by atoms with E-state index in [-0.39, 0.29) is 11.8 Å². The molecule has 2 saturated heterocycles. The van der Waals surface area contributed by atoms with Crippen molar-refractivity contribution in [2.75, 3.05) is 61.5 Å². The summed E-state index contributed by atoms with van der Waals surface area (Å²) in [5.74, 6) is 0.756. The highest BCUT2D eigenvalue weighted by atomic mass is 32.1. The third kappa shape index (κ3) is 4.98. The van der Waals surface area contributed by atoms with E-state index < -0.39 is 0 Å². The highest BCUT2D eigenvalue weighted by Gasteiger charge is 2.27. The van der Waals surface area contributed by atoms with E-state index in [1.165, 1.54) is 11.3 Å². The topological polar surface area (TPSA) is 65.1 Å². The largest absolute Gasteiger partial charge is 0.495 e. The lowest BCUT2D eigenvalue weighted by Crippen LogP contribution is -2.47. The fourth-order valence-corrected chi connectivity index (χ4v) is 5.45. The van der Waals surface area contributed by atoms with E-state index in [0.717, 1.165) is 69.2 Å². The molecule has 5 rings (SSSR count). The van der Waals surface area contributed by atoms with Crippen molar-refractivity contribution in [3.05, 3.63) is 70.4 Å². The predicted molar refractivity (Wildman–Crippen MR) is 141 cm³/mol. The normalized spacial score (nSPS) is 15.9. The van der Waals surface area contributed by atoms with Crippen LogP contribution in [-0.2, 0) is 0 Å². The van der Waals surface area contributed by atoms with Gasteiger partial charge in [-0.1, -0.05) is 18.2 Å². The third-order valence-electron chi connectivity index (χ3n) is 6.67. The summed E-state index contributed by atoms with van der Waals surface area (Å²) in [6.45, 7) is 4.80. The first kappa shape index (κ1) is 23.2. The summed E-state index contributed by atoms with van der Waals surface area (Å²) in [6, 6.07) is 17.4. The van der Waals surface area contributed by atoms with Gasteiger partial charge in [-0.15, -0.1) is 11.3 Å². The molecule has 0 radical (unpaired) electrons. The quantitative estimate of drug-likeness (QED) is 0.548. The average Bonchev–Trinajstić information content (AvgIpc) is 3.63. The minimum atomic E-state index is -0.155. The number of likely N-dealkylation sites (tertiary alicyclic amines) is 1. The van der Waals surface area contributed by atoms with Crippen molar-refractivity contribution in [1.82, 2.24) is 4.90 Å². The lowest BCUT2D eigenvalue weighted by molar-refractivity contribution is 0.0793. The number of hydrogen-bond acceptors (Lipinski definition) is 6. The molecule has 7 nitrogen and oxygen atoms in total. The second-order valence-electron chi connectivity index (χ2n) is 8.81. The lowest BCUT2D eigenvalue weighted by atomic mass is 10.1. The van der Waals surface area contributed by atoms with Crippen LogP contribution < -0.4 is 19.9 Å². The number of carbonyl (C=O) groups is 2. The molecule has 35 heavy (non-hydrogen) atoms. The molecule has 1 N–H and O–H groups in total. The van der Waals surface area contributed by atoms with Gasteiger partial charge in [0.1, 0.15) is 5.75 Å². The number of nitrogens with one attached hydrogen (secondary N) is 1. The van der Waals surface area contributed by atoms with E-state index in [4.69, 9.17) is 4.74 Å². The van der Waals surface area contributed by atoms with E-state index >= 15 is 0 Å². The van der Waals surface area contributed by atoms with Crippen LogP contribution in [0.25, 0.3) is 0 Å². The maximum absolute atomic E-state index is 13.5. The van der Waals surface area contributed by atoms with E-state index in [9.17, 15) is 9.59 Å². The van der Waals surface area contributed by atoms with Crippen molar-refractivity contribution in [2.24, 2.45) is 0 Å². The van der Waals surface area contributed by atoms with E-state index in [1.807, 2.05) is 52.7 Å². The summed E-state index contributed by atoms with van der Waals surface area (Å²) < 4.78 is 5.55. The average molecular weight is 491 g/mol. The number of rotatable bonds is 6. The standard InChI is InChI=1S/C27H30N4O3S/c1-34-24-8-3-2-7-23(24)30-16-14-29(15-17-30)22-11-10-20(28-26(32)25-9-6-18-35-25)19-21(22)27(33)31-12-4-5-13-31/h2-3,6-11,18-19H,4-5,12-17H2,1H3,(H,28,32). The Morgan fingerprint density at radius 3 is 2.26 bits per heavy atom. The van der Waals surface area contributed by atoms with Crippen molar-refractivity contribution in [3.8, 4) is 5.75 Å². The molecule has 2 fully saturated rings. The second-order valence-corrected chi connectivity index (χ2v) is 9.76. The summed E-state index contributed by atoms with van der Waals surface area (Å²) >= 11 is 1.40. The molecule has 2 aromatic carbocycles. The Bertz CT molecular complexity index is 1180. The zero-order valence-electron chi connectivity index (χ0n) is 19.9. The number of ether oxygens (including phenoxy) is 1. The first-order valence-electron chi connectivity index (χ1n) is 12.0. The van der Waals surface area contributed by atoms with Crippen LogP contribution in [0, 0.1) is 0 Å². The molecular formula is C27H30N4O3S. The lowest BCUT2D eigenvalue weighted by Gasteiger charge is -2.38. The highest BCUT2D eigenvalue weighted by Crippen LogP contribution is 2.32. The molecule has 1 aromatic heterocycles. The molecule has 0 unspecified atom stereocenters. The van der Waals surface area contributed by atoms with E-state index in [0.29, 0.717) is 16.1 Å². The van der Waals surface area contributed by atoms with Gasteiger partial charge in [-0.25, -0.2) is 0 Å². The number of hydrogen-bond donors (Lipinski definition) is 1. The van der Waals surface area contributed by atoms with Gasteiger partial charge in [-0.2, -0.15) is 0 Å². The van der Waals surface area contributed by atoms with Gasteiger partial charge < -0.3 is 24.8 Å². The molecule has 0 bridgehead atoms. The Kier molecular flexibility index (Phi) is 6.90. The van der Waals surface area contributed by atoms with Crippen LogP contribution in [-0.4, -0.2) is 63.1 Å². The fourth-order valence-electron chi connectivity index (χ4n) is 4.83. The third-order valence-corrected chi connectivity index (χ3v) is 7.54. The van der Waals surface area contributed by atoms with Gasteiger partial charge in [0.15, 0.2) is 0 Å². The summed E-state index contributed by atoms with van der Waals surface area (Å²) in [5.41, 5.74) is 3.31. The van der Waals surface area contributed by atoms with Gasteiger partial charge in [-0.3, -0.25) is 9.59 Å². The summed E-state index contributed by atoms with van der Waals surface area (Å²) in [5, 5.41) is 4.84. The number of nitrogens with zero attached hydrogens (tertiary/aromatic N) is 3. The number of amides is 2. The molecule has 0 saturated carbocycles. The van der Waals surface area contributed by atoms with E-state index in [2.05, 4.69) is 21.2 Å². The summed E-state index contributed by atoms with van der Waals surface area (Å²) in [7, 11) is 1.70. The maximum Gasteiger partial charge on any atom is 0.265 e. The molecule has 3 heterocycles. The minimum absolute atomic E-state index is 0.0388. The minimum Gasteiger partial charge on any atom is -0.495 e. The second kappa shape index (κ2) is 10.4. The van der Waals surface area contributed by atoms with E-state index in [1.54, 1.807) is 13.2 Å². The number of para-hydroxylation sites is 2. The van der Waals surface area contributed by atoms with Gasteiger partial charge in [0.05, 0.1) is 23.2 Å². The number of anilines is 3. The first-order chi connectivity index (χ1) is 17.1. The maximum atomic E-state index is 13.5. The predicted octanol–water partition coefficient (Wildman–Crippen LogP) is 4.57. The van der Waals surface area contributed by atoms with Crippen molar-refractivity contribution in [2.45, 2.75) is 12.8 Å². The molecule has 2 amide bonds. The zero-order chi connectivity index (χ0) is 24.2. The van der Waals surface area contributed by atoms with Crippen LogP contribution in [0.4, 0.5) is 17.1 Å². The van der Waals surface area contributed by atoms with Crippen molar-refractivity contribution < 1.29 is 14.3 Å². The first-order valence-corrected chi connectivity index (χ1v) is 12.9. The smallest absolute Gasteiger partial charge is 0.265 e. The van der Waals surface area contributed by atoms with Crippen molar-refractivity contribution in [1.29, 1.82) is 0 Å². The van der Waals surface area contributed by atoms with Gasteiger partial charge in [0, 0.05) is 50.6 Å². The Hall–Kier alpha value is -3.52. The van der Waals surface area contributed by atoms with Crippen molar-refractivity contribution in [3.63, 3.8) is 0 Å². The van der Waals surface area contributed by atoms with Gasteiger partial charge >= 0.3 is 0 Å². The number of carbonyl (C=O) groups excluding carboxylic acids is 2. The van der Waals surface area contributed by atoms with Crippen LogP contribution in [0.5, 0.6) is 5.75 Å². The van der Waals surface area contributed by atoms with Crippen LogP contribution in [0.1, 0.15) is 32.9 Å². The van der Waals surface area contributed by atoms with Gasteiger partial charge in [-0.05, 0) is 54.6 Å². The van der Waals surface area contributed by atoms with Gasteiger partial charge in [0.2, 0.25) is 0 Å². The number of piperazine rings is 1. The highest BCUT2D eigenvalue weighted by molar-refractivity contribution is 7.12. The molecule has 182 valence electrons. The molecule has 8 heteroatoms. The Labute approximate surface area is 209 Å². The molecular weight excluding hydrogens is 460 g/mol. The number of benzene rings is 2. The molecule has 3 aromatic rings. The zero-order valence-corrected chi connectivity index (χ0v) is 20.7. The summed E-state index contributed by atoms with van der Waals surface area (Å²) in [6.07, 6.45) is 2.07. The Morgan fingerprint density at radius 2 is 1.57 bits per heavy atom. The molecule has 0 aliphatic carbocycles. The molecule has 0 spiro atoms. The molecule has 2 aliphatic rings. The number of thiophene rings is 1. The molecule has 0 atom stereocenters. The van der Waals surface area contributed by atoms with Crippen molar-refractivity contribution >= 4 is 40.2 Å². The van der Waals surface area contributed by atoms with Gasteiger partial charge in [0.25, 0.3) is 11.8 Å². The van der Waals surface area contributed by atoms with Crippen LogP contribution in [0.15, 0.2) is 60.0 Å². The number of methoxy groups -OCH3 is 1. The van der Waals surface area contributed by atoms with Crippen LogP contribution >= 0.6 is 11.3 Å². The van der Waals surface area contributed by atoms with Crippen LogP contribution in [0.2, 0.25) is 0 Å². The monoisotopic (exact) mass is 490 g/mol. The Morgan fingerprint density at radius 1 is 0.857 bits per heavy atom. The summed E-state index contributed by atoms with van der Waals surface area (Å²) in [4.78, 5) is 33.3.